The maximum absolute atomic E-state index is 10.6. The predicted molar refractivity (Wildman–Crippen MR) is 111 cm³/mol. The van der Waals surface area contributed by atoms with Gasteiger partial charge >= 0.3 is 24.3 Å². The summed E-state index contributed by atoms with van der Waals surface area (Å²) < 4.78 is 69.3. The van der Waals surface area contributed by atoms with Gasteiger partial charge in [0.1, 0.15) is 5.82 Å². The molecule has 3 N–H and O–H groups in total. The first-order valence-corrected chi connectivity index (χ1v) is 10.7. The van der Waals surface area contributed by atoms with Crippen LogP contribution in [0, 0.1) is 0 Å². The summed E-state index contributed by atoms with van der Waals surface area (Å²) in [6, 6.07) is 6.22. The molecule has 2 aliphatic rings. The van der Waals surface area contributed by atoms with Crippen LogP contribution in [0.25, 0.3) is 11.0 Å². The lowest BCUT2D eigenvalue weighted by Gasteiger charge is -2.25. The summed E-state index contributed by atoms with van der Waals surface area (Å²) in [5.74, 6) is -4.44. The summed E-state index contributed by atoms with van der Waals surface area (Å²) in [6.07, 6.45) is -4.97. The van der Waals surface area contributed by atoms with Gasteiger partial charge in [0, 0.05) is 18.2 Å². The third-order valence-corrected chi connectivity index (χ3v) is 5.32. The molecule has 1 aromatic carbocycles. The van der Waals surface area contributed by atoms with Gasteiger partial charge in [0.05, 0.1) is 23.2 Å². The number of benzene rings is 1. The highest BCUT2D eigenvalue weighted by molar-refractivity contribution is 6.31. The third-order valence-electron chi connectivity index (χ3n) is 5.09. The lowest BCUT2D eigenvalue weighted by molar-refractivity contribution is -0.193. The molecule has 0 amide bonds. The van der Waals surface area contributed by atoms with Gasteiger partial charge in [-0.15, -0.1) is 0 Å². The van der Waals surface area contributed by atoms with Gasteiger partial charge in [-0.2, -0.15) is 26.3 Å². The fourth-order valence-corrected chi connectivity index (χ4v) is 3.74. The van der Waals surface area contributed by atoms with Crippen molar-refractivity contribution in [2.75, 3.05) is 19.7 Å². The number of aromatic nitrogens is 2. The van der Waals surface area contributed by atoms with Crippen molar-refractivity contribution in [3.63, 3.8) is 0 Å². The zero-order chi connectivity index (χ0) is 26.4. The first-order chi connectivity index (χ1) is 16.2. The maximum atomic E-state index is 10.6. The number of H-pyrrole nitrogens is 1. The number of imidazole rings is 1. The number of aromatic amines is 1. The molecule has 2 saturated heterocycles. The number of alkyl halides is 6. The molecule has 35 heavy (non-hydrogen) atoms. The molecule has 2 unspecified atom stereocenters. The molecule has 2 fully saturated rings. The minimum Gasteiger partial charge on any atom is -0.475 e. The topological polar surface area (TPSA) is 116 Å². The molecule has 0 saturated carbocycles. The predicted octanol–water partition coefficient (Wildman–Crippen LogP) is 4.80. The second kappa shape index (κ2) is 11.9. The van der Waals surface area contributed by atoms with E-state index in [1.54, 1.807) is 0 Å². The fraction of sp³-hybridized carbons (Fsp3) is 0.550. The van der Waals surface area contributed by atoms with Gasteiger partial charge in [0.2, 0.25) is 0 Å². The molecule has 4 rings (SSSR count). The van der Waals surface area contributed by atoms with Crippen LogP contribution in [0.4, 0.5) is 26.3 Å². The second-order valence-electron chi connectivity index (χ2n) is 7.68. The number of carboxylic acids is 2. The summed E-state index contributed by atoms with van der Waals surface area (Å²) in [6.45, 7) is 3.09. The number of rotatable bonds is 3. The van der Waals surface area contributed by atoms with Crippen molar-refractivity contribution in [2.24, 2.45) is 0 Å². The summed E-state index contributed by atoms with van der Waals surface area (Å²) in [7, 11) is 0. The zero-order valence-electron chi connectivity index (χ0n) is 18.0. The first-order valence-electron chi connectivity index (χ1n) is 10.3. The van der Waals surface area contributed by atoms with Crippen LogP contribution in [0.2, 0.25) is 5.02 Å². The molecule has 0 bridgehead atoms. The zero-order valence-corrected chi connectivity index (χ0v) is 18.8. The molecule has 0 aliphatic carbocycles. The van der Waals surface area contributed by atoms with Crippen LogP contribution < -0.4 is 0 Å². The van der Waals surface area contributed by atoms with Crippen molar-refractivity contribution in [3.05, 3.63) is 29.0 Å². The Labute approximate surface area is 199 Å². The second-order valence-corrected chi connectivity index (χ2v) is 8.11. The molecule has 2 aliphatic heterocycles. The van der Waals surface area contributed by atoms with Crippen molar-refractivity contribution in [1.82, 2.24) is 14.9 Å². The van der Waals surface area contributed by atoms with Gasteiger partial charge in [-0.3, -0.25) is 4.90 Å². The summed E-state index contributed by atoms with van der Waals surface area (Å²) in [4.78, 5) is 28.5. The minimum absolute atomic E-state index is 0.389. The largest absolute Gasteiger partial charge is 0.490 e. The van der Waals surface area contributed by atoms with E-state index in [1.807, 2.05) is 18.2 Å². The molecular weight excluding hydrogens is 512 g/mol. The van der Waals surface area contributed by atoms with Crippen LogP contribution in [0.3, 0.4) is 0 Å². The molecule has 8 nitrogen and oxygen atoms in total. The Morgan fingerprint density at radius 2 is 1.69 bits per heavy atom. The summed E-state index contributed by atoms with van der Waals surface area (Å²) >= 11 is 6.05. The fourth-order valence-electron chi connectivity index (χ4n) is 3.56. The lowest BCUT2D eigenvalue weighted by Crippen LogP contribution is -2.32. The average Bonchev–Trinajstić information content (AvgIpc) is 3.48. The Morgan fingerprint density at radius 1 is 1.09 bits per heavy atom. The van der Waals surface area contributed by atoms with Crippen LogP contribution in [-0.2, 0) is 14.3 Å². The van der Waals surface area contributed by atoms with Gasteiger partial charge in [-0.05, 0) is 50.4 Å². The van der Waals surface area contributed by atoms with E-state index in [9.17, 15) is 26.3 Å². The van der Waals surface area contributed by atoms with Crippen molar-refractivity contribution >= 4 is 34.6 Å². The van der Waals surface area contributed by atoms with E-state index in [0.717, 1.165) is 41.6 Å². The van der Waals surface area contributed by atoms with Crippen LogP contribution in [0.15, 0.2) is 18.2 Å². The molecular formula is C20H22ClF6N3O5. The van der Waals surface area contributed by atoms with Crippen molar-refractivity contribution < 1.29 is 50.9 Å². The number of likely N-dealkylation sites (tertiary alicyclic amines) is 1. The number of hydrogen-bond donors (Lipinski definition) is 3. The minimum atomic E-state index is -5.08. The van der Waals surface area contributed by atoms with E-state index in [-0.39, 0.29) is 0 Å². The lowest BCUT2D eigenvalue weighted by atomic mass is 10.2. The number of halogens is 7. The highest BCUT2D eigenvalue weighted by Crippen LogP contribution is 2.33. The van der Waals surface area contributed by atoms with Crippen molar-refractivity contribution in [3.8, 4) is 0 Å². The summed E-state index contributed by atoms with van der Waals surface area (Å²) in [5.41, 5.74) is 2.03. The maximum Gasteiger partial charge on any atom is 0.490 e. The Morgan fingerprint density at radius 3 is 2.20 bits per heavy atom. The average molecular weight is 534 g/mol. The molecule has 0 radical (unpaired) electrons. The number of carboxylic acid groups (broad SMARTS) is 2. The molecule has 1 aromatic heterocycles. The SMILES string of the molecule is Clc1ccc2nc(C3CCCN3CC3CCCO3)[nH]c2c1.O=C(O)C(F)(F)F.O=C(O)C(F)(F)F. The number of nitrogens with zero attached hydrogens (tertiary/aromatic N) is 2. The highest BCUT2D eigenvalue weighted by Gasteiger charge is 2.39. The van der Waals surface area contributed by atoms with Gasteiger partial charge < -0.3 is 19.9 Å². The molecule has 196 valence electrons. The third kappa shape index (κ3) is 8.85. The van der Waals surface area contributed by atoms with E-state index < -0.39 is 24.3 Å². The van der Waals surface area contributed by atoms with Gasteiger partial charge in [0.25, 0.3) is 0 Å². The Hall–Kier alpha value is -2.58. The first kappa shape index (κ1) is 28.7. The van der Waals surface area contributed by atoms with Crippen molar-refractivity contribution in [2.45, 2.75) is 50.2 Å². The van der Waals surface area contributed by atoms with E-state index in [0.29, 0.717) is 12.1 Å². The van der Waals surface area contributed by atoms with E-state index >= 15 is 0 Å². The Kier molecular flexibility index (Phi) is 9.75. The number of aliphatic carboxylic acids is 2. The standard InChI is InChI=1S/C16H20ClN3O.2C2HF3O2/c17-11-5-6-13-14(9-11)19-16(18-13)15-4-1-7-20(15)10-12-3-2-8-21-12;2*3-2(4,5)1(6)7/h5-6,9,12,15H,1-4,7-8,10H2,(H,18,19);2*(H,6,7). The van der Waals surface area contributed by atoms with E-state index in [4.69, 9.17) is 41.1 Å². The van der Waals surface area contributed by atoms with Gasteiger partial charge in [-0.1, -0.05) is 11.6 Å². The van der Waals surface area contributed by atoms with Crippen LogP contribution in [0.5, 0.6) is 0 Å². The number of ether oxygens (including phenoxy) is 1. The molecule has 2 atom stereocenters. The monoisotopic (exact) mass is 533 g/mol. The molecule has 15 heteroatoms. The number of fused-ring (bicyclic) bond motifs is 1. The van der Waals surface area contributed by atoms with Crippen LogP contribution >= 0.6 is 11.6 Å². The number of nitrogens with one attached hydrogen (secondary N) is 1. The van der Waals surface area contributed by atoms with E-state index in [2.05, 4.69) is 9.88 Å². The number of carbonyl (C=O) groups is 2. The van der Waals surface area contributed by atoms with Gasteiger partial charge in [0.15, 0.2) is 0 Å². The summed E-state index contributed by atoms with van der Waals surface area (Å²) in [5, 5.41) is 15.0. The highest BCUT2D eigenvalue weighted by atomic mass is 35.5. The van der Waals surface area contributed by atoms with Crippen LogP contribution in [-0.4, -0.2) is 75.2 Å². The Balaban J connectivity index is 0.000000257. The normalized spacial score (nSPS) is 20.7. The quantitative estimate of drug-likeness (QED) is 0.485. The van der Waals surface area contributed by atoms with E-state index in [1.165, 1.54) is 25.7 Å². The Bertz CT molecular complexity index is 983. The molecule has 3 heterocycles. The number of hydrogen-bond acceptors (Lipinski definition) is 5. The van der Waals surface area contributed by atoms with Gasteiger partial charge in [-0.25, -0.2) is 14.6 Å². The van der Waals surface area contributed by atoms with Crippen molar-refractivity contribution in [1.29, 1.82) is 0 Å². The van der Waals surface area contributed by atoms with Crippen LogP contribution in [0.1, 0.15) is 37.5 Å². The molecule has 0 spiro atoms. The smallest absolute Gasteiger partial charge is 0.475 e. The molecule has 2 aromatic rings.